The Hall–Kier alpha value is -4.30. The number of nitrogens with one attached hydrogen (secondary N) is 6. The van der Waals surface area contributed by atoms with Crippen molar-refractivity contribution in [1.82, 2.24) is 57.2 Å². The number of piperazine rings is 2. The Morgan fingerprint density at radius 3 is 1.31 bits per heavy atom. The molecule has 42 heteroatoms. The van der Waals surface area contributed by atoms with Crippen LogP contribution in [-0.2, 0) is 49.9 Å². The Labute approximate surface area is 691 Å². The van der Waals surface area contributed by atoms with Gasteiger partial charge in [-0.05, 0) is 141 Å². The summed E-state index contributed by atoms with van der Waals surface area (Å²) < 4.78 is 121. The van der Waals surface area contributed by atoms with Gasteiger partial charge in [0.15, 0.2) is 12.4 Å². The number of amides is 4. The number of anilines is 5. The zero-order chi connectivity index (χ0) is 77.2. The van der Waals surface area contributed by atoms with Crippen LogP contribution in [0.2, 0.25) is 0 Å². The second-order valence-corrected chi connectivity index (χ2v) is 50.2. The van der Waals surface area contributed by atoms with E-state index in [1.165, 1.54) is 29.2 Å². The average molecular weight is 2230 g/mol. The molecular weight excluding hydrogens is 2130 g/mol. The van der Waals surface area contributed by atoms with E-state index in [1.807, 2.05) is 87.9 Å². The third-order valence-corrected chi connectivity index (χ3v) is 20.9. The van der Waals surface area contributed by atoms with Crippen LogP contribution in [0.15, 0.2) is 110 Å². The van der Waals surface area contributed by atoms with Gasteiger partial charge in [0.05, 0.1) is 23.5 Å². The van der Waals surface area contributed by atoms with Gasteiger partial charge in [-0.15, -0.1) is 32.4 Å². The van der Waals surface area contributed by atoms with Gasteiger partial charge in [-0.25, -0.2) is 55.4 Å². The molecule has 8 N–H and O–H groups in total. The Kier molecular flexibility index (Phi) is 34.8. The summed E-state index contributed by atoms with van der Waals surface area (Å²) in [5, 5.41) is 8.96. The number of carbonyl (C=O) groups is 3. The number of urea groups is 1. The van der Waals surface area contributed by atoms with E-state index in [4.69, 9.17) is 25.2 Å². The molecule has 0 bridgehead atoms. The molecule has 2 aromatic carbocycles. The zero-order valence-corrected chi connectivity index (χ0v) is 76.6. The van der Waals surface area contributed by atoms with E-state index in [2.05, 4.69) is 137 Å². The molecule has 0 unspecified atom stereocenters. The molecule has 588 valence electrons. The number of pyridine rings is 1. The molecular formula is C64H93I6N19O13S4. The van der Waals surface area contributed by atoms with Crippen molar-refractivity contribution < 1.29 is 74.8 Å². The van der Waals surface area contributed by atoms with E-state index in [0.29, 0.717) is 57.1 Å². The van der Waals surface area contributed by atoms with Crippen LogP contribution < -0.4 is 67.2 Å². The Bertz CT molecular complexity index is 4530. The quantitative estimate of drug-likeness (QED) is 0.0388. The molecule has 0 radical (unpaired) electrons. The second-order valence-electron chi connectivity index (χ2n) is 27.2. The number of halogens is 6. The van der Waals surface area contributed by atoms with E-state index in [-0.39, 0.29) is 67.3 Å². The first-order valence-corrected chi connectivity index (χ1v) is 58.7. The summed E-state index contributed by atoms with van der Waals surface area (Å²) >= 11 is 9.54. The third-order valence-electron chi connectivity index (χ3n) is 16.7. The number of aromatic nitrogens is 7. The molecule has 0 spiro atoms. The summed E-state index contributed by atoms with van der Waals surface area (Å²) in [6.45, 7) is 14.0. The van der Waals surface area contributed by atoms with Crippen molar-refractivity contribution in [3.63, 3.8) is 0 Å². The molecule has 32 nitrogen and oxygen atoms in total. The summed E-state index contributed by atoms with van der Waals surface area (Å²) in [4.78, 5) is 61.3. The van der Waals surface area contributed by atoms with Crippen LogP contribution in [0.4, 0.5) is 43.3 Å². The average Bonchev–Trinajstić information content (AvgIpc) is 1.59. The number of sulfonamides is 2. The van der Waals surface area contributed by atoms with E-state index in [0.717, 1.165) is 113 Å². The molecule has 2 saturated carbocycles. The maximum absolute atomic E-state index is 12.8. The fourth-order valence-electron chi connectivity index (χ4n) is 12.2. The van der Waals surface area contributed by atoms with Crippen molar-refractivity contribution in [3.8, 4) is 11.6 Å². The van der Waals surface area contributed by atoms with E-state index in [9.17, 15) is 48.1 Å². The number of ether oxygens (including phenoxy) is 2. The predicted molar refractivity (Wildman–Crippen MR) is 455 cm³/mol. The van der Waals surface area contributed by atoms with Crippen LogP contribution >= 0.6 is 98.4 Å². The fourth-order valence-corrected chi connectivity index (χ4v) is 15.7. The Balaban J connectivity index is 0.000000255. The molecule has 106 heavy (non-hydrogen) atoms. The van der Waals surface area contributed by atoms with Gasteiger partial charge in [-0.2, -0.15) is 27.4 Å². The van der Waals surface area contributed by atoms with Crippen molar-refractivity contribution in [2.45, 2.75) is 128 Å². The normalized spacial score (nSPS) is 18.1. The first-order valence-electron chi connectivity index (χ1n) is 33.2. The standard InChI is InChI=1S/C28H40N8O6S2.C24H32N8O3S.C12H19N3O4S.I3.I2.HI/c1-28(2,3)42-27(37)33-44(40,41)35-18-16-34(17-19-35)23-6-5-7-24-22(23)13-15-36(24)25-12-14-29-26(31-25)30-20-8-10-21(11-9-20)32-43(4,38)39;1-36(34,35)29-18-7-5-17(6-8-18)27-24-26-11-9-22(28-24)32-12-10-19-20(3-2-4-21(19)32)30-13-15-31(16-14-30)23(25)33;1-12(2,3)19-11(16)13-20(17,18)15-8-6-10(7-9-15)14(4)5;1-3-2;1-2;/h5-7,12-15,20-21,32H,8-11,16-19H2,1-4H3,(H,33,37)(H,29,30,31);2-4,9-12,17-18,29H,5-8,13-16H2,1H3,(H2,25,33)(H,26,27,28);6-9H,1-5H3;;;1H/q;;;-1;;/p+1. The molecule has 4 fully saturated rings. The SMILES string of the molecule is CC(C)(C)OC(=O)NS(=O)(=O)N1CCN(c2cccc3c2ccn3-c2ccnc(NC3CCC(NS(C)(=O)=O)CC3)n2)CC1.CN(C)c1cc[n+](S(=O)(=O)NC(=O)OC(C)(C)C)cc1.CS(=O)(=O)NC1CCC(Nc2nccc(-n3ccc4c(N5CCN(C(N)=O)CC5)cccc43)n2)CC1.I.II.I[I-]I. The number of hydrogen-bond donors (Lipinski definition) is 7. The topological polar surface area (TPSA) is 386 Å². The predicted octanol–water partition coefficient (Wildman–Crippen LogP) is 6.30. The molecule has 0 atom stereocenters. The van der Waals surface area contributed by atoms with E-state index >= 15 is 0 Å². The molecule has 7 aromatic rings. The van der Waals surface area contributed by atoms with E-state index < -0.39 is 63.9 Å². The number of nitrogens with zero attached hydrogens (tertiary/aromatic N) is 12. The van der Waals surface area contributed by atoms with Gasteiger partial charge in [0, 0.05) is 193 Å². The van der Waals surface area contributed by atoms with Gasteiger partial charge in [0.25, 0.3) is 0 Å². The first kappa shape index (κ1) is 90.6. The number of nitrogens with two attached hydrogens (primary N) is 1. The van der Waals surface area contributed by atoms with Crippen molar-refractivity contribution in [2.24, 2.45) is 5.73 Å². The van der Waals surface area contributed by atoms with Crippen molar-refractivity contribution in [1.29, 1.82) is 0 Å². The molecule has 5 aromatic heterocycles. The number of primary amides is 1. The first-order chi connectivity index (χ1) is 49.4. The monoisotopic (exact) mass is 2230 g/mol. The summed E-state index contributed by atoms with van der Waals surface area (Å²) in [7, 11) is -10.8. The summed E-state index contributed by atoms with van der Waals surface area (Å²) in [6, 6.07) is 23.2. The van der Waals surface area contributed by atoms with Crippen molar-refractivity contribution in [3.05, 3.63) is 110 Å². The van der Waals surface area contributed by atoms with Gasteiger partial charge < -0.3 is 54.6 Å². The Morgan fingerprint density at radius 1 is 0.566 bits per heavy atom. The molecule has 4 amide bonds. The van der Waals surface area contributed by atoms with Gasteiger partial charge in [0.1, 0.15) is 22.8 Å². The zero-order valence-electron chi connectivity index (χ0n) is 60.2. The van der Waals surface area contributed by atoms with Crippen LogP contribution in [0.1, 0.15) is 92.9 Å². The van der Waals surface area contributed by atoms with Crippen LogP contribution in [-0.4, -0.2) is 204 Å². The maximum atomic E-state index is 12.8. The minimum atomic E-state index is -4.03. The molecule has 4 aliphatic rings. The number of fused-ring (bicyclic) bond motifs is 2. The molecule has 11 rings (SSSR count). The second kappa shape index (κ2) is 40.8. The number of rotatable bonds is 17. The van der Waals surface area contributed by atoms with Crippen LogP contribution in [0.3, 0.4) is 0 Å². The number of benzene rings is 2. The third kappa shape index (κ3) is 28.2. The van der Waals surface area contributed by atoms with Crippen LogP contribution in [0, 0.1) is 0 Å². The minimum absolute atomic E-state index is 0. The summed E-state index contributed by atoms with van der Waals surface area (Å²) in [5.74, 6) is 2.54. The van der Waals surface area contributed by atoms with Gasteiger partial charge in [-0.3, -0.25) is 0 Å². The number of hydrogen-bond acceptors (Lipinski definition) is 22. The van der Waals surface area contributed by atoms with Gasteiger partial charge in [0.2, 0.25) is 31.9 Å². The summed E-state index contributed by atoms with van der Waals surface area (Å²) in [5.41, 5.74) is 8.79. The molecule has 2 aliphatic carbocycles. The summed E-state index contributed by atoms with van der Waals surface area (Å²) in [6.07, 6.45) is 16.9. The van der Waals surface area contributed by atoms with E-state index in [1.54, 1.807) is 71.0 Å². The number of carbonyl (C=O) groups excluding carboxylic acids is 3. The van der Waals surface area contributed by atoms with Crippen molar-refractivity contribution >= 4 is 208 Å². The molecule has 2 aliphatic heterocycles. The van der Waals surface area contributed by atoms with Crippen molar-refractivity contribution in [2.75, 3.05) is 104 Å². The fraction of sp³-hybridized carbons (Fsp3) is 0.500. The molecule has 7 heterocycles. The molecule has 2 saturated heterocycles. The van der Waals surface area contributed by atoms with Crippen LogP contribution in [0.5, 0.6) is 0 Å². The van der Waals surface area contributed by atoms with Crippen LogP contribution in [0.25, 0.3) is 33.4 Å². The van der Waals surface area contributed by atoms with Gasteiger partial charge in [-0.1, -0.05) is 16.1 Å². The van der Waals surface area contributed by atoms with Gasteiger partial charge >= 0.3 is 89.1 Å². The Morgan fingerprint density at radius 2 is 0.943 bits per heavy atom.